The van der Waals surface area contributed by atoms with Crippen molar-refractivity contribution in [1.82, 2.24) is 9.88 Å². The van der Waals surface area contributed by atoms with Crippen LogP contribution >= 0.6 is 0 Å². The minimum Gasteiger partial charge on any atom is -0.404 e. The zero-order valence-corrected chi connectivity index (χ0v) is 21.3. The van der Waals surface area contributed by atoms with Gasteiger partial charge in [-0.3, -0.25) is 4.99 Å². The first-order chi connectivity index (χ1) is 18.2. The van der Waals surface area contributed by atoms with E-state index in [1.165, 1.54) is 6.20 Å². The van der Waals surface area contributed by atoms with Gasteiger partial charge in [-0.15, -0.1) is 0 Å². The summed E-state index contributed by atoms with van der Waals surface area (Å²) in [6, 6.07) is 8.62. The monoisotopic (exact) mass is 532 g/mol. The van der Waals surface area contributed by atoms with Crippen molar-refractivity contribution in [2.75, 3.05) is 63.3 Å². The number of benzene rings is 1. The number of aryl methyl sites for hydroxylation is 1. The molecule has 9 nitrogen and oxygen atoms in total. The summed E-state index contributed by atoms with van der Waals surface area (Å²) < 4.78 is 49.6. The topological polar surface area (TPSA) is 105 Å². The van der Waals surface area contributed by atoms with Crippen LogP contribution in [0.25, 0.3) is 16.7 Å². The molecular weight excluding hydrogens is 501 g/mol. The average molecular weight is 533 g/mol. The molecule has 2 aliphatic heterocycles. The van der Waals surface area contributed by atoms with Gasteiger partial charge in [0.2, 0.25) is 0 Å². The fourth-order valence-electron chi connectivity index (χ4n) is 4.35. The molecule has 0 bridgehead atoms. The van der Waals surface area contributed by atoms with Gasteiger partial charge >= 0.3 is 12.2 Å². The number of alkyl halides is 3. The summed E-state index contributed by atoms with van der Waals surface area (Å²) in [7, 11) is 1.65. The summed E-state index contributed by atoms with van der Waals surface area (Å²) in [6.07, 6.45) is -3.45. The Labute approximate surface area is 219 Å². The number of nitrogens with one attached hydrogen (secondary N) is 1. The summed E-state index contributed by atoms with van der Waals surface area (Å²) >= 11 is 0. The number of nitrogens with two attached hydrogens (primary N) is 1. The Morgan fingerprint density at radius 3 is 2.63 bits per heavy atom. The van der Waals surface area contributed by atoms with Crippen molar-refractivity contribution in [1.29, 1.82) is 0 Å². The third-order valence-corrected chi connectivity index (χ3v) is 6.41. The molecule has 2 amide bonds. The van der Waals surface area contributed by atoms with Crippen molar-refractivity contribution in [2.24, 2.45) is 10.7 Å². The number of aliphatic imine (C=N–C) groups is 1. The fraction of sp³-hybridized carbons (Fsp3) is 0.423. The van der Waals surface area contributed by atoms with Gasteiger partial charge in [0.1, 0.15) is 5.82 Å². The molecule has 1 aromatic carbocycles. The number of carbonyl (C=O) groups is 1. The number of rotatable bonds is 5. The van der Waals surface area contributed by atoms with Gasteiger partial charge in [-0.05, 0) is 47.9 Å². The molecule has 1 aromatic heterocycles. The summed E-state index contributed by atoms with van der Waals surface area (Å²) in [5.41, 5.74) is 10.2. The zero-order chi connectivity index (χ0) is 27.3. The highest BCUT2D eigenvalue weighted by Crippen LogP contribution is 2.32. The number of pyridine rings is 1. The summed E-state index contributed by atoms with van der Waals surface area (Å²) in [5, 5.41) is 2.74. The molecule has 0 spiro atoms. The van der Waals surface area contributed by atoms with Gasteiger partial charge in [0.05, 0.1) is 32.1 Å². The zero-order valence-electron chi connectivity index (χ0n) is 21.3. The van der Waals surface area contributed by atoms with E-state index >= 15 is 0 Å². The van der Waals surface area contributed by atoms with Crippen molar-refractivity contribution in [3.8, 4) is 11.1 Å². The summed E-state index contributed by atoms with van der Waals surface area (Å²) in [4.78, 5) is 25.0. The number of halogens is 3. The second kappa shape index (κ2) is 11.8. The Hall–Kier alpha value is -3.64. The number of anilines is 2. The molecule has 4 rings (SSSR count). The minimum atomic E-state index is -4.54. The highest BCUT2D eigenvalue weighted by molar-refractivity contribution is 6.09. The van der Waals surface area contributed by atoms with Gasteiger partial charge in [0.25, 0.3) is 0 Å². The van der Waals surface area contributed by atoms with E-state index in [-0.39, 0.29) is 13.2 Å². The first-order valence-electron chi connectivity index (χ1n) is 12.2. The molecular formula is C26H31F3N6O3. The van der Waals surface area contributed by atoms with Crippen molar-refractivity contribution < 1.29 is 27.4 Å². The van der Waals surface area contributed by atoms with E-state index in [1.807, 2.05) is 25.1 Å². The van der Waals surface area contributed by atoms with Gasteiger partial charge in [-0.25, -0.2) is 9.78 Å². The Morgan fingerprint density at radius 2 is 1.95 bits per heavy atom. The maximum absolute atomic E-state index is 13.1. The fourth-order valence-corrected chi connectivity index (χ4v) is 4.35. The maximum Gasteiger partial charge on any atom is 0.416 e. The first-order valence-corrected chi connectivity index (χ1v) is 12.2. The number of hydrogen-bond acceptors (Lipinski definition) is 7. The number of nitrogens with zero attached hydrogens (tertiary/aromatic N) is 4. The largest absolute Gasteiger partial charge is 0.416 e. The Morgan fingerprint density at radius 1 is 1.18 bits per heavy atom. The van der Waals surface area contributed by atoms with Crippen LogP contribution in [0.2, 0.25) is 0 Å². The number of amides is 2. The number of carbonyl (C=O) groups excluding carboxylic acids is 1. The lowest BCUT2D eigenvalue weighted by atomic mass is 9.98. The second-order valence-electron chi connectivity index (χ2n) is 9.01. The van der Waals surface area contributed by atoms with Crippen molar-refractivity contribution in [3.63, 3.8) is 0 Å². The van der Waals surface area contributed by atoms with E-state index in [2.05, 4.69) is 15.2 Å². The van der Waals surface area contributed by atoms with Crippen LogP contribution in [0, 0.1) is 6.92 Å². The van der Waals surface area contributed by atoms with Crippen molar-refractivity contribution in [3.05, 3.63) is 47.8 Å². The summed E-state index contributed by atoms with van der Waals surface area (Å²) in [5.74, 6) is 0.755. The molecule has 0 aliphatic carbocycles. The Kier molecular flexibility index (Phi) is 8.52. The minimum absolute atomic E-state index is 0.0704. The first kappa shape index (κ1) is 27.4. The van der Waals surface area contributed by atoms with E-state index in [9.17, 15) is 18.0 Å². The van der Waals surface area contributed by atoms with E-state index in [0.717, 1.165) is 27.4 Å². The normalized spacial score (nSPS) is 19.2. The third-order valence-electron chi connectivity index (χ3n) is 6.41. The SMILES string of the molecule is CN=C/C(=C\N)c1cc(-c2cc(NC(=O)N3CCO[C@@H](C(F)(F)F)C3)ccc2C)cc(N2CCOCC2)n1. The highest BCUT2D eigenvalue weighted by Gasteiger charge is 2.44. The number of aromatic nitrogens is 1. The molecule has 0 unspecified atom stereocenters. The molecule has 38 heavy (non-hydrogen) atoms. The number of allylic oxidation sites excluding steroid dienone is 1. The summed E-state index contributed by atoms with van der Waals surface area (Å²) in [6.45, 7) is 3.83. The standard InChI is InChI=1S/C26H31F3N6O3/c1-17-3-4-20(32-25(36)35-7-10-38-23(16-35)26(27,28)29)13-21(17)18-11-22(19(14-30)15-31-2)33-24(12-18)34-5-8-37-9-6-34/h3-4,11-15,23H,5-10,16,30H2,1-2H3,(H,32,36)/b19-14+,31-15?/t23-/m1/s1. The molecule has 0 saturated carbocycles. The van der Waals surface area contributed by atoms with Crippen LogP contribution < -0.4 is 16.0 Å². The van der Waals surface area contributed by atoms with Crippen LogP contribution in [-0.2, 0) is 9.47 Å². The van der Waals surface area contributed by atoms with Gasteiger partial charge in [0.15, 0.2) is 6.10 Å². The quantitative estimate of drug-likeness (QED) is 0.570. The Bertz CT molecular complexity index is 1210. The Balaban J connectivity index is 1.65. The molecule has 2 saturated heterocycles. The van der Waals surface area contributed by atoms with E-state index < -0.39 is 24.9 Å². The highest BCUT2D eigenvalue weighted by atomic mass is 19.4. The molecule has 12 heteroatoms. The number of urea groups is 1. The van der Waals surface area contributed by atoms with Crippen LogP contribution in [0.1, 0.15) is 11.3 Å². The van der Waals surface area contributed by atoms with Gasteiger partial charge in [-0.1, -0.05) is 6.07 Å². The molecule has 3 N–H and O–H groups in total. The lowest BCUT2D eigenvalue weighted by Crippen LogP contribution is -2.52. The predicted molar refractivity (Wildman–Crippen MR) is 140 cm³/mol. The maximum atomic E-state index is 13.1. The lowest BCUT2D eigenvalue weighted by molar-refractivity contribution is -0.233. The third kappa shape index (κ3) is 6.43. The number of morpholine rings is 2. The number of hydrogen-bond donors (Lipinski definition) is 2. The van der Waals surface area contributed by atoms with Gasteiger partial charge in [-0.2, -0.15) is 13.2 Å². The van der Waals surface area contributed by atoms with Crippen LogP contribution in [-0.4, -0.2) is 87.5 Å². The van der Waals surface area contributed by atoms with E-state index in [0.29, 0.717) is 43.3 Å². The molecule has 1 atom stereocenters. The van der Waals surface area contributed by atoms with Crippen LogP contribution in [0.15, 0.2) is 41.5 Å². The second-order valence-corrected chi connectivity index (χ2v) is 9.01. The van der Waals surface area contributed by atoms with E-state index in [1.54, 1.807) is 25.4 Å². The smallest absolute Gasteiger partial charge is 0.404 e. The van der Waals surface area contributed by atoms with Crippen molar-refractivity contribution >= 4 is 29.3 Å². The molecule has 0 radical (unpaired) electrons. The number of ether oxygens (including phenoxy) is 2. The van der Waals surface area contributed by atoms with Crippen molar-refractivity contribution in [2.45, 2.75) is 19.2 Å². The van der Waals surface area contributed by atoms with E-state index in [4.69, 9.17) is 20.2 Å². The molecule has 204 valence electrons. The van der Waals surface area contributed by atoms with Crippen LogP contribution in [0.5, 0.6) is 0 Å². The predicted octanol–water partition coefficient (Wildman–Crippen LogP) is 3.69. The molecule has 2 fully saturated rings. The van der Waals surface area contributed by atoms with Gasteiger partial charge < -0.3 is 30.3 Å². The molecule has 2 aliphatic rings. The lowest BCUT2D eigenvalue weighted by Gasteiger charge is -2.33. The van der Waals surface area contributed by atoms with Crippen LogP contribution in [0.3, 0.4) is 0 Å². The molecule has 2 aromatic rings. The average Bonchev–Trinajstić information content (AvgIpc) is 2.92. The van der Waals surface area contributed by atoms with Crippen LogP contribution in [0.4, 0.5) is 29.5 Å². The molecule has 3 heterocycles. The van der Waals surface area contributed by atoms with Gasteiger partial charge in [0, 0.05) is 50.4 Å².